The zero-order chi connectivity index (χ0) is 15.5. The van der Waals surface area contributed by atoms with Gasteiger partial charge in [0.2, 0.25) is 0 Å². The van der Waals surface area contributed by atoms with Gasteiger partial charge in [0, 0.05) is 18.7 Å². The molecule has 1 aromatic rings. The minimum atomic E-state index is -0.652. The van der Waals surface area contributed by atoms with E-state index in [1.165, 1.54) is 11.8 Å². The van der Waals surface area contributed by atoms with E-state index >= 15 is 0 Å². The van der Waals surface area contributed by atoms with Gasteiger partial charge < -0.3 is 19.2 Å². The van der Waals surface area contributed by atoms with Gasteiger partial charge in [0.15, 0.2) is 5.57 Å². The zero-order valence-corrected chi connectivity index (χ0v) is 12.9. The molecule has 1 heterocycles. The molecule has 0 bridgehead atoms. The summed E-state index contributed by atoms with van der Waals surface area (Å²) in [4.78, 5) is 11.9. The number of carbonyl (C=O) groups excluding carboxylic acids is 1. The van der Waals surface area contributed by atoms with Crippen molar-refractivity contribution < 1.29 is 18.7 Å². The summed E-state index contributed by atoms with van der Waals surface area (Å²) in [5.41, 5.74) is 0.881. The molecule has 0 unspecified atom stereocenters. The molecule has 0 saturated heterocycles. The van der Waals surface area contributed by atoms with Gasteiger partial charge in [0.1, 0.15) is 12.7 Å². The van der Waals surface area contributed by atoms with Gasteiger partial charge in [-0.25, -0.2) is 4.79 Å². The monoisotopic (exact) mass is 310 g/mol. The normalized spacial score (nSPS) is 11.5. The van der Waals surface area contributed by atoms with Crippen molar-refractivity contribution in [1.29, 1.82) is 5.26 Å². The number of carbonyl (C=O) groups is 1. The zero-order valence-electron chi connectivity index (χ0n) is 12.0. The van der Waals surface area contributed by atoms with Crippen LogP contribution in [0.1, 0.15) is 12.5 Å². The second kappa shape index (κ2) is 9.91. The minimum absolute atomic E-state index is 0.0394. The van der Waals surface area contributed by atoms with Crippen molar-refractivity contribution in [1.82, 2.24) is 5.32 Å². The van der Waals surface area contributed by atoms with Crippen molar-refractivity contribution in [3.63, 3.8) is 0 Å². The molecule has 1 aromatic heterocycles. The molecule has 6 nitrogen and oxygen atoms in total. The molecule has 0 aliphatic rings. The van der Waals surface area contributed by atoms with E-state index in [1.807, 2.05) is 13.0 Å². The van der Waals surface area contributed by atoms with Gasteiger partial charge in [-0.1, -0.05) is 0 Å². The number of furan rings is 1. The van der Waals surface area contributed by atoms with Gasteiger partial charge in [0.05, 0.1) is 24.2 Å². The molecule has 1 rings (SSSR count). The quantitative estimate of drug-likeness (QED) is 0.323. The van der Waals surface area contributed by atoms with Crippen LogP contribution in [-0.2, 0) is 20.8 Å². The van der Waals surface area contributed by atoms with Crippen LogP contribution in [0.25, 0.3) is 0 Å². The van der Waals surface area contributed by atoms with E-state index in [0.717, 1.165) is 5.56 Å². The smallest absolute Gasteiger partial charge is 0.351 e. The number of hydrogen-bond acceptors (Lipinski definition) is 7. The van der Waals surface area contributed by atoms with E-state index < -0.39 is 5.97 Å². The molecule has 7 heteroatoms. The molecular formula is C14H18N2O4S. The minimum Gasteiger partial charge on any atom is -0.472 e. The lowest BCUT2D eigenvalue weighted by Gasteiger charge is -2.10. The van der Waals surface area contributed by atoms with Crippen LogP contribution in [0, 0.1) is 11.3 Å². The highest BCUT2D eigenvalue weighted by Crippen LogP contribution is 2.16. The molecule has 0 aliphatic carbocycles. The molecule has 1 N–H and O–H groups in total. The van der Waals surface area contributed by atoms with E-state index in [1.54, 1.807) is 24.8 Å². The molecule has 114 valence electrons. The van der Waals surface area contributed by atoms with Crippen LogP contribution in [0.5, 0.6) is 0 Å². The maximum Gasteiger partial charge on any atom is 0.351 e. The Balaban J connectivity index is 2.62. The number of nitrogens with one attached hydrogen (secondary N) is 1. The first kappa shape index (κ1) is 17.1. The van der Waals surface area contributed by atoms with Crippen molar-refractivity contribution in [2.45, 2.75) is 13.5 Å². The molecule has 0 atom stereocenters. The Labute approximate surface area is 128 Å². The third-order valence-corrected chi connectivity index (χ3v) is 3.20. The fourth-order valence-electron chi connectivity index (χ4n) is 1.44. The lowest BCUT2D eigenvalue weighted by atomic mass is 10.3. The maximum atomic E-state index is 11.9. The molecule has 21 heavy (non-hydrogen) atoms. The first-order valence-corrected chi connectivity index (χ1v) is 7.63. The Kier molecular flexibility index (Phi) is 8.09. The van der Waals surface area contributed by atoms with E-state index in [9.17, 15) is 4.79 Å². The van der Waals surface area contributed by atoms with Crippen LogP contribution in [0.15, 0.2) is 33.6 Å². The Morgan fingerprint density at radius 2 is 2.33 bits per heavy atom. The van der Waals surface area contributed by atoms with Gasteiger partial charge in [0.25, 0.3) is 0 Å². The standard InChI is InChI=1S/C14H18N2O4S/c1-3-18-6-7-20-14(17)12(8-15)13(21-2)16-9-11-4-5-19-10-11/h4-5,10,16H,3,6-7,9H2,1-2H3/b13-12+. The third kappa shape index (κ3) is 5.94. The van der Waals surface area contributed by atoms with E-state index in [2.05, 4.69) is 5.32 Å². The predicted octanol–water partition coefficient (Wildman–Crippen LogP) is 2.05. The maximum absolute atomic E-state index is 11.9. The van der Waals surface area contributed by atoms with Crippen LogP contribution >= 0.6 is 11.8 Å². The van der Waals surface area contributed by atoms with E-state index in [-0.39, 0.29) is 12.2 Å². The number of hydrogen-bond donors (Lipinski definition) is 1. The number of rotatable bonds is 9. The summed E-state index contributed by atoms with van der Waals surface area (Å²) in [7, 11) is 0. The summed E-state index contributed by atoms with van der Waals surface area (Å²) in [6, 6.07) is 3.68. The number of ether oxygens (including phenoxy) is 2. The average Bonchev–Trinajstić information content (AvgIpc) is 3.01. The second-order valence-corrected chi connectivity index (χ2v) is 4.65. The average molecular weight is 310 g/mol. The molecule has 0 aliphatic heterocycles. The Morgan fingerprint density at radius 1 is 1.52 bits per heavy atom. The van der Waals surface area contributed by atoms with E-state index in [0.29, 0.717) is 24.8 Å². The summed E-state index contributed by atoms with van der Waals surface area (Å²) in [6.45, 7) is 3.32. The second-order valence-electron chi connectivity index (χ2n) is 3.84. The molecule has 0 saturated carbocycles. The lowest BCUT2D eigenvalue weighted by Crippen LogP contribution is -2.18. The third-order valence-electron chi connectivity index (χ3n) is 2.45. The first-order valence-electron chi connectivity index (χ1n) is 6.41. The van der Waals surface area contributed by atoms with Crippen LogP contribution in [-0.4, -0.2) is 32.0 Å². The molecule has 0 aromatic carbocycles. The number of esters is 1. The largest absolute Gasteiger partial charge is 0.472 e. The van der Waals surface area contributed by atoms with Crippen molar-refractivity contribution in [2.75, 3.05) is 26.1 Å². The number of nitrogens with zero attached hydrogens (tertiary/aromatic N) is 1. The fraction of sp³-hybridized carbons (Fsp3) is 0.429. The summed E-state index contributed by atoms with van der Waals surface area (Å²) in [5.74, 6) is -0.652. The van der Waals surface area contributed by atoms with E-state index in [4.69, 9.17) is 19.2 Å². The summed E-state index contributed by atoms with van der Waals surface area (Å²) < 4.78 is 15.0. The first-order chi connectivity index (χ1) is 10.2. The molecule has 0 amide bonds. The van der Waals surface area contributed by atoms with Crippen molar-refractivity contribution in [3.8, 4) is 6.07 Å². The Bertz CT molecular complexity index is 506. The van der Waals surface area contributed by atoms with Gasteiger partial charge in [-0.3, -0.25) is 0 Å². The summed E-state index contributed by atoms with van der Waals surface area (Å²) in [5, 5.41) is 12.7. The molecule has 0 spiro atoms. The highest BCUT2D eigenvalue weighted by atomic mass is 32.2. The fourth-order valence-corrected chi connectivity index (χ4v) is 1.99. The topological polar surface area (TPSA) is 84.5 Å². The van der Waals surface area contributed by atoms with Gasteiger partial charge in [-0.2, -0.15) is 5.26 Å². The van der Waals surface area contributed by atoms with Crippen molar-refractivity contribution in [2.24, 2.45) is 0 Å². The predicted molar refractivity (Wildman–Crippen MR) is 79.2 cm³/mol. The van der Waals surface area contributed by atoms with Crippen molar-refractivity contribution >= 4 is 17.7 Å². The Hall–Kier alpha value is -1.91. The molecular weight excluding hydrogens is 292 g/mol. The number of nitriles is 1. The van der Waals surface area contributed by atoms with Crippen LogP contribution in [0.2, 0.25) is 0 Å². The highest BCUT2D eigenvalue weighted by Gasteiger charge is 2.16. The number of thioether (sulfide) groups is 1. The van der Waals surface area contributed by atoms with Crippen LogP contribution in [0.4, 0.5) is 0 Å². The molecule has 0 fully saturated rings. The summed E-state index contributed by atoms with van der Waals surface area (Å²) >= 11 is 1.28. The molecule has 0 radical (unpaired) electrons. The summed E-state index contributed by atoms with van der Waals surface area (Å²) in [6.07, 6.45) is 4.94. The van der Waals surface area contributed by atoms with Gasteiger partial charge >= 0.3 is 5.97 Å². The Morgan fingerprint density at radius 3 is 2.90 bits per heavy atom. The van der Waals surface area contributed by atoms with Gasteiger partial charge in [-0.15, -0.1) is 11.8 Å². The van der Waals surface area contributed by atoms with Gasteiger partial charge in [-0.05, 0) is 19.2 Å². The van der Waals surface area contributed by atoms with Crippen molar-refractivity contribution in [3.05, 3.63) is 34.8 Å². The van der Waals surface area contributed by atoms with Crippen LogP contribution in [0.3, 0.4) is 0 Å². The lowest BCUT2D eigenvalue weighted by molar-refractivity contribution is -0.140. The highest BCUT2D eigenvalue weighted by molar-refractivity contribution is 8.02. The SMILES string of the molecule is CCOCCOC(=O)/C(C#N)=C(\NCc1ccoc1)SC. The van der Waals surface area contributed by atoms with Crippen LogP contribution < -0.4 is 5.32 Å².